The smallest absolute Gasteiger partial charge is 0.409 e. The topological polar surface area (TPSA) is 66.8 Å². The Morgan fingerprint density at radius 2 is 1.75 bits per heavy atom. The van der Waals surface area contributed by atoms with Gasteiger partial charge in [0.2, 0.25) is 0 Å². The maximum atomic E-state index is 10.4. The Hall–Kier alpha value is -0.570. The molecular formula is C7H13O4P. The molecule has 0 aromatic carbocycles. The van der Waals surface area contributed by atoms with E-state index in [4.69, 9.17) is 9.79 Å². The van der Waals surface area contributed by atoms with Gasteiger partial charge in [-0.1, -0.05) is 12.2 Å². The standard InChI is InChI=1S/C7H13O4P/c1-5(2)6(3)7(4)11-12(8,9)10/h1H2,2-4H3,(H2,8,9,10). The van der Waals surface area contributed by atoms with Crippen LogP contribution in [-0.4, -0.2) is 9.79 Å². The van der Waals surface area contributed by atoms with Crippen molar-refractivity contribution >= 4 is 7.82 Å². The number of hydrogen-bond donors (Lipinski definition) is 2. The van der Waals surface area contributed by atoms with Crippen molar-refractivity contribution in [2.24, 2.45) is 0 Å². The average Bonchev–Trinajstić information content (AvgIpc) is 1.82. The summed E-state index contributed by atoms with van der Waals surface area (Å²) in [5.41, 5.74) is 1.37. The van der Waals surface area contributed by atoms with E-state index in [-0.39, 0.29) is 5.76 Å². The first-order valence-corrected chi connectivity index (χ1v) is 4.85. The van der Waals surface area contributed by atoms with Crippen molar-refractivity contribution in [1.29, 1.82) is 0 Å². The molecule has 12 heavy (non-hydrogen) atoms. The van der Waals surface area contributed by atoms with E-state index >= 15 is 0 Å². The zero-order valence-electron chi connectivity index (χ0n) is 7.37. The van der Waals surface area contributed by atoms with E-state index in [1.54, 1.807) is 13.8 Å². The van der Waals surface area contributed by atoms with Crippen LogP contribution in [0.25, 0.3) is 0 Å². The lowest BCUT2D eigenvalue weighted by molar-refractivity contribution is 0.241. The Bertz CT molecular complexity index is 261. The van der Waals surface area contributed by atoms with Crippen molar-refractivity contribution in [2.45, 2.75) is 20.8 Å². The van der Waals surface area contributed by atoms with Crippen LogP contribution in [0.2, 0.25) is 0 Å². The summed E-state index contributed by atoms with van der Waals surface area (Å²) in [6, 6.07) is 0. The van der Waals surface area contributed by atoms with Gasteiger partial charge in [-0.25, -0.2) is 4.57 Å². The van der Waals surface area contributed by atoms with Crippen molar-refractivity contribution in [3.8, 4) is 0 Å². The quantitative estimate of drug-likeness (QED) is 0.407. The number of phosphoric ester groups is 1. The zero-order valence-corrected chi connectivity index (χ0v) is 8.26. The first-order valence-electron chi connectivity index (χ1n) is 3.32. The van der Waals surface area contributed by atoms with Crippen molar-refractivity contribution in [3.05, 3.63) is 23.5 Å². The Labute approximate surface area is 71.8 Å². The van der Waals surface area contributed by atoms with Gasteiger partial charge in [-0.15, -0.1) is 0 Å². The highest BCUT2D eigenvalue weighted by Crippen LogP contribution is 2.39. The molecule has 0 saturated carbocycles. The molecule has 0 aromatic heterocycles. The van der Waals surface area contributed by atoms with Crippen molar-refractivity contribution in [2.75, 3.05) is 0 Å². The molecule has 0 amide bonds. The SMILES string of the molecule is C=C(C)C(C)=C(C)OP(=O)(O)O. The molecular weight excluding hydrogens is 179 g/mol. The van der Waals surface area contributed by atoms with Gasteiger partial charge in [0.25, 0.3) is 0 Å². The third-order valence-electron chi connectivity index (χ3n) is 1.42. The summed E-state index contributed by atoms with van der Waals surface area (Å²) in [5.74, 6) is 0.204. The van der Waals surface area contributed by atoms with Gasteiger partial charge in [-0.3, -0.25) is 9.79 Å². The highest BCUT2D eigenvalue weighted by molar-refractivity contribution is 7.46. The van der Waals surface area contributed by atoms with E-state index in [1.165, 1.54) is 6.92 Å². The van der Waals surface area contributed by atoms with Crippen LogP contribution in [0.1, 0.15) is 20.8 Å². The van der Waals surface area contributed by atoms with Crippen LogP contribution in [0.3, 0.4) is 0 Å². The largest absolute Gasteiger partial charge is 0.524 e. The molecule has 0 aliphatic rings. The molecule has 0 heterocycles. The lowest BCUT2D eigenvalue weighted by atomic mass is 10.1. The van der Waals surface area contributed by atoms with E-state index in [2.05, 4.69) is 11.1 Å². The summed E-state index contributed by atoms with van der Waals surface area (Å²) in [6.45, 7) is 8.53. The molecule has 2 N–H and O–H groups in total. The van der Waals surface area contributed by atoms with E-state index in [9.17, 15) is 4.57 Å². The Morgan fingerprint density at radius 3 is 2.00 bits per heavy atom. The molecule has 0 radical (unpaired) electrons. The first-order chi connectivity index (χ1) is 5.24. The molecule has 0 fully saturated rings. The highest BCUT2D eigenvalue weighted by atomic mass is 31.2. The lowest BCUT2D eigenvalue weighted by Crippen LogP contribution is -1.90. The Balaban J connectivity index is 4.60. The highest BCUT2D eigenvalue weighted by Gasteiger charge is 2.16. The maximum absolute atomic E-state index is 10.4. The van der Waals surface area contributed by atoms with Crippen molar-refractivity contribution in [1.82, 2.24) is 0 Å². The predicted molar refractivity (Wildman–Crippen MR) is 46.3 cm³/mol. The third-order valence-corrected chi connectivity index (χ3v) is 1.94. The summed E-state index contributed by atoms with van der Waals surface area (Å²) >= 11 is 0. The second-order valence-electron chi connectivity index (χ2n) is 2.54. The molecule has 70 valence electrons. The van der Waals surface area contributed by atoms with E-state index in [1.807, 2.05) is 0 Å². The lowest BCUT2D eigenvalue weighted by Gasteiger charge is -2.10. The monoisotopic (exact) mass is 192 g/mol. The predicted octanol–water partition coefficient (Wildman–Crippen LogP) is 1.97. The second-order valence-corrected chi connectivity index (χ2v) is 3.71. The van der Waals surface area contributed by atoms with Crippen LogP contribution >= 0.6 is 7.82 Å². The molecule has 0 aliphatic carbocycles. The van der Waals surface area contributed by atoms with E-state index in [0.29, 0.717) is 5.57 Å². The van der Waals surface area contributed by atoms with Gasteiger partial charge in [0.05, 0.1) is 0 Å². The first kappa shape index (κ1) is 11.4. The van der Waals surface area contributed by atoms with Crippen LogP contribution in [-0.2, 0) is 9.09 Å². The second kappa shape index (κ2) is 3.90. The molecule has 0 unspecified atom stereocenters. The Morgan fingerprint density at radius 1 is 1.33 bits per heavy atom. The summed E-state index contributed by atoms with van der Waals surface area (Å²) in [6.07, 6.45) is 0. The molecule has 0 aromatic rings. The minimum Gasteiger partial charge on any atom is -0.409 e. The summed E-state index contributed by atoms with van der Waals surface area (Å²) in [4.78, 5) is 16.9. The fourth-order valence-corrected chi connectivity index (χ4v) is 1.04. The summed E-state index contributed by atoms with van der Waals surface area (Å²) in [7, 11) is -4.41. The number of rotatable bonds is 3. The van der Waals surface area contributed by atoms with Gasteiger partial charge in [-0.2, -0.15) is 0 Å². The molecule has 0 spiro atoms. The number of hydrogen-bond acceptors (Lipinski definition) is 2. The number of allylic oxidation sites excluding steroid dienone is 3. The van der Waals surface area contributed by atoms with Gasteiger partial charge in [0, 0.05) is 0 Å². The van der Waals surface area contributed by atoms with Crippen molar-refractivity contribution < 1.29 is 18.9 Å². The van der Waals surface area contributed by atoms with Crippen LogP contribution in [0.15, 0.2) is 23.5 Å². The summed E-state index contributed by atoms with van der Waals surface area (Å²) < 4.78 is 14.7. The van der Waals surface area contributed by atoms with Crippen LogP contribution in [0.5, 0.6) is 0 Å². The summed E-state index contributed by atoms with van der Waals surface area (Å²) in [5, 5.41) is 0. The van der Waals surface area contributed by atoms with Gasteiger partial charge >= 0.3 is 7.82 Å². The zero-order chi connectivity index (χ0) is 9.94. The Kier molecular flexibility index (Phi) is 3.71. The fourth-order valence-electron chi connectivity index (χ4n) is 0.547. The minimum atomic E-state index is -4.41. The third kappa shape index (κ3) is 4.34. The maximum Gasteiger partial charge on any atom is 0.524 e. The molecule has 5 heteroatoms. The molecule has 0 saturated heterocycles. The van der Waals surface area contributed by atoms with Gasteiger partial charge < -0.3 is 4.52 Å². The van der Waals surface area contributed by atoms with E-state index < -0.39 is 7.82 Å². The van der Waals surface area contributed by atoms with Gasteiger partial charge in [-0.05, 0) is 26.3 Å². The normalized spacial score (nSPS) is 13.8. The van der Waals surface area contributed by atoms with Crippen LogP contribution in [0.4, 0.5) is 0 Å². The van der Waals surface area contributed by atoms with Crippen LogP contribution in [0, 0.1) is 0 Å². The minimum absolute atomic E-state index is 0.204. The molecule has 4 nitrogen and oxygen atoms in total. The average molecular weight is 192 g/mol. The number of phosphoric acid groups is 1. The van der Waals surface area contributed by atoms with Gasteiger partial charge in [0.15, 0.2) is 0 Å². The van der Waals surface area contributed by atoms with Gasteiger partial charge in [0.1, 0.15) is 5.76 Å². The van der Waals surface area contributed by atoms with E-state index in [0.717, 1.165) is 5.57 Å². The van der Waals surface area contributed by atoms with Crippen molar-refractivity contribution in [3.63, 3.8) is 0 Å². The van der Waals surface area contributed by atoms with Crippen LogP contribution < -0.4 is 0 Å². The molecule has 0 aliphatic heterocycles. The molecule has 0 rings (SSSR count). The molecule has 0 bridgehead atoms. The molecule has 0 atom stereocenters. The fraction of sp³-hybridized carbons (Fsp3) is 0.429.